The molecule has 0 unspecified atom stereocenters. The summed E-state index contributed by atoms with van der Waals surface area (Å²) in [5.41, 5.74) is 6.10. The molecule has 1 aromatic heterocycles. The average molecular weight is 487 g/mol. The summed E-state index contributed by atoms with van der Waals surface area (Å²) in [6, 6.07) is 7.89. The third-order valence-electron chi connectivity index (χ3n) is 6.56. The van der Waals surface area contributed by atoms with Gasteiger partial charge in [-0.2, -0.15) is 0 Å². The smallest absolute Gasteiger partial charge is 0.135 e. The fourth-order valence-electron chi connectivity index (χ4n) is 4.18. The van der Waals surface area contributed by atoms with E-state index in [-0.39, 0.29) is 0 Å². The second-order valence-electron chi connectivity index (χ2n) is 9.00. The minimum atomic E-state index is 0.635. The monoisotopic (exact) mass is 486 g/mol. The first-order chi connectivity index (χ1) is 16.9. The Balaban J connectivity index is 1.64. The molecule has 1 fully saturated rings. The Bertz CT molecular complexity index is 1340. The molecule has 1 N–H and O–H groups in total. The molecule has 0 bridgehead atoms. The molecule has 0 saturated carbocycles. The van der Waals surface area contributed by atoms with Crippen molar-refractivity contribution in [2.24, 2.45) is 0 Å². The molecule has 0 aliphatic carbocycles. The van der Waals surface area contributed by atoms with Crippen molar-refractivity contribution in [1.29, 1.82) is 0 Å². The van der Waals surface area contributed by atoms with E-state index in [0.29, 0.717) is 16.3 Å². The molecule has 2 heterocycles. The van der Waals surface area contributed by atoms with Crippen LogP contribution in [0.2, 0.25) is 5.02 Å². The third kappa shape index (κ3) is 5.72. The van der Waals surface area contributed by atoms with E-state index in [1.165, 1.54) is 0 Å². The Labute approximate surface area is 213 Å². The van der Waals surface area contributed by atoms with E-state index in [1.54, 1.807) is 13.3 Å². The standard InChI is InChI=1S/C29H31ClN4O/c1-6-22-19-31-26-17-23(9-7-8-10-34-13-11-33(4)12-14-34)28(35-5)18-24(26)29(22)32-27-16-21(3)20(2)15-25(27)30/h1,15-19H,8,10-14H2,2-5H3,(H,31,32). The molecular formula is C29H31ClN4O. The molecule has 0 amide bonds. The van der Waals surface area contributed by atoms with Crippen molar-refractivity contribution in [2.75, 3.05) is 52.2 Å². The molecule has 5 nitrogen and oxygen atoms in total. The molecule has 35 heavy (non-hydrogen) atoms. The van der Waals surface area contributed by atoms with Gasteiger partial charge in [-0.15, -0.1) is 6.42 Å². The summed E-state index contributed by atoms with van der Waals surface area (Å²) in [5, 5.41) is 4.94. The normalized spacial score (nSPS) is 14.3. The quantitative estimate of drug-likeness (QED) is 0.500. The fraction of sp³-hybridized carbons (Fsp3) is 0.345. The highest BCUT2D eigenvalue weighted by Gasteiger charge is 2.15. The number of likely N-dealkylation sites (N-methyl/N-ethyl adjacent to an activating group) is 1. The number of nitrogens with zero attached hydrogens (tertiary/aromatic N) is 3. The SMILES string of the molecule is C#Cc1cnc2cc(C#CCCN3CCN(C)CC3)c(OC)cc2c1Nc1cc(C)c(C)cc1Cl. The molecular weight excluding hydrogens is 456 g/mol. The summed E-state index contributed by atoms with van der Waals surface area (Å²) in [5.74, 6) is 10.0. The van der Waals surface area contributed by atoms with E-state index < -0.39 is 0 Å². The third-order valence-corrected chi connectivity index (χ3v) is 6.87. The van der Waals surface area contributed by atoms with Crippen LogP contribution in [0.25, 0.3) is 10.9 Å². The summed E-state index contributed by atoms with van der Waals surface area (Å²) in [6.45, 7) is 9.49. The van der Waals surface area contributed by atoms with E-state index in [0.717, 1.165) is 78.1 Å². The van der Waals surface area contributed by atoms with E-state index in [9.17, 15) is 0 Å². The van der Waals surface area contributed by atoms with Gasteiger partial charge in [-0.25, -0.2) is 0 Å². The summed E-state index contributed by atoms with van der Waals surface area (Å²) >= 11 is 6.54. The molecule has 180 valence electrons. The number of rotatable bonds is 5. The number of aryl methyl sites for hydroxylation is 2. The first-order valence-electron chi connectivity index (χ1n) is 11.8. The van der Waals surface area contributed by atoms with Crippen LogP contribution in [-0.4, -0.2) is 61.7 Å². The molecule has 3 aromatic rings. The number of benzene rings is 2. The summed E-state index contributed by atoms with van der Waals surface area (Å²) in [6.07, 6.45) is 8.33. The van der Waals surface area contributed by atoms with Crippen LogP contribution < -0.4 is 10.1 Å². The van der Waals surface area contributed by atoms with Crippen LogP contribution in [0.1, 0.15) is 28.7 Å². The van der Waals surface area contributed by atoms with Gasteiger partial charge in [0.05, 0.1) is 40.2 Å². The fourth-order valence-corrected chi connectivity index (χ4v) is 4.45. The largest absolute Gasteiger partial charge is 0.495 e. The second-order valence-corrected chi connectivity index (χ2v) is 9.41. The average Bonchev–Trinajstić information content (AvgIpc) is 2.85. The van der Waals surface area contributed by atoms with Crippen molar-refractivity contribution < 1.29 is 4.74 Å². The summed E-state index contributed by atoms with van der Waals surface area (Å²) in [7, 11) is 3.82. The predicted molar refractivity (Wildman–Crippen MR) is 146 cm³/mol. The zero-order valence-electron chi connectivity index (χ0n) is 20.8. The summed E-state index contributed by atoms with van der Waals surface area (Å²) < 4.78 is 5.70. The minimum Gasteiger partial charge on any atom is -0.495 e. The molecule has 1 aliphatic rings. The van der Waals surface area contributed by atoms with Gasteiger partial charge in [0, 0.05) is 50.7 Å². The van der Waals surface area contributed by atoms with Crippen molar-refractivity contribution >= 4 is 33.9 Å². The first kappa shape index (κ1) is 24.9. The maximum absolute atomic E-state index is 6.54. The number of pyridine rings is 1. The number of hydrogen-bond acceptors (Lipinski definition) is 5. The zero-order chi connectivity index (χ0) is 24.9. The number of hydrogen-bond donors (Lipinski definition) is 1. The number of aromatic nitrogens is 1. The second kappa shape index (κ2) is 11.0. The predicted octanol–water partition coefficient (Wildman–Crippen LogP) is 5.23. The lowest BCUT2D eigenvalue weighted by atomic mass is 10.0. The van der Waals surface area contributed by atoms with Crippen molar-refractivity contribution in [2.45, 2.75) is 20.3 Å². The van der Waals surface area contributed by atoms with E-state index >= 15 is 0 Å². The first-order valence-corrected chi connectivity index (χ1v) is 12.2. The Kier molecular flexibility index (Phi) is 7.83. The number of anilines is 2. The van der Waals surface area contributed by atoms with Crippen LogP contribution in [0.3, 0.4) is 0 Å². The van der Waals surface area contributed by atoms with Gasteiger partial charge >= 0.3 is 0 Å². The lowest BCUT2D eigenvalue weighted by Gasteiger charge is -2.31. The van der Waals surface area contributed by atoms with Crippen LogP contribution in [0.5, 0.6) is 5.75 Å². The number of nitrogens with one attached hydrogen (secondary N) is 1. The number of piperazine rings is 1. The minimum absolute atomic E-state index is 0.635. The van der Waals surface area contributed by atoms with E-state index in [4.69, 9.17) is 22.8 Å². The number of terminal acetylenes is 1. The van der Waals surface area contributed by atoms with Gasteiger partial charge in [-0.3, -0.25) is 9.88 Å². The van der Waals surface area contributed by atoms with Crippen molar-refractivity contribution in [3.8, 4) is 29.9 Å². The van der Waals surface area contributed by atoms with Gasteiger partial charge < -0.3 is 15.0 Å². The highest BCUT2D eigenvalue weighted by molar-refractivity contribution is 6.33. The maximum atomic E-state index is 6.54. The lowest BCUT2D eigenvalue weighted by molar-refractivity contribution is 0.157. The van der Waals surface area contributed by atoms with Gasteiger partial charge in [0.2, 0.25) is 0 Å². The number of ether oxygens (including phenoxy) is 1. The number of halogens is 1. The molecule has 1 saturated heterocycles. The lowest BCUT2D eigenvalue weighted by Crippen LogP contribution is -2.44. The highest BCUT2D eigenvalue weighted by atomic mass is 35.5. The number of methoxy groups -OCH3 is 1. The molecule has 1 aliphatic heterocycles. The zero-order valence-corrected chi connectivity index (χ0v) is 21.6. The Morgan fingerprint density at radius 2 is 1.83 bits per heavy atom. The van der Waals surface area contributed by atoms with Crippen LogP contribution in [-0.2, 0) is 0 Å². The van der Waals surface area contributed by atoms with Gasteiger partial charge in [0.1, 0.15) is 5.75 Å². The number of fused-ring (bicyclic) bond motifs is 1. The van der Waals surface area contributed by atoms with Crippen LogP contribution >= 0.6 is 11.6 Å². The van der Waals surface area contributed by atoms with Gasteiger partial charge in [0.15, 0.2) is 0 Å². The Morgan fingerprint density at radius 1 is 1.09 bits per heavy atom. The van der Waals surface area contributed by atoms with E-state index in [1.807, 2.05) is 31.2 Å². The van der Waals surface area contributed by atoms with Crippen LogP contribution in [0, 0.1) is 38.0 Å². The van der Waals surface area contributed by atoms with Crippen LogP contribution in [0.15, 0.2) is 30.5 Å². The molecule has 2 aromatic carbocycles. The maximum Gasteiger partial charge on any atom is 0.135 e. The van der Waals surface area contributed by atoms with Gasteiger partial charge in [0.25, 0.3) is 0 Å². The topological polar surface area (TPSA) is 40.6 Å². The molecule has 0 atom stereocenters. The van der Waals surface area contributed by atoms with E-state index in [2.05, 4.69) is 51.8 Å². The summed E-state index contributed by atoms with van der Waals surface area (Å²) in [4.78, 5) is 9.42. The molecule has 0 spiro atoms. The van der Waals surface area contributed by atoms with Gasteiger partial charge in [-0.05, 0) is 56.3 Å². The van der Waals surface area contributed by atoms with Crippen molar-refractivity contribution in [3.05, 3.63) is 57.7 Å². The Morgan fingerprint density at radius 3 is 2.54 bits per heavy atom. The molecule has 4 rings (SSSR count). The molecule has 0 radical (unpaired) electrons. The van der Waals surface area contributed by atoms with Crippen LogP contribution in [0.4, 0.5) is 11.4 Å². The van der Waals surface area contributed by atoms with Crippen molar-refractivity contribution in [1.82, 2.24) is 14.8 Å². The molecule has 6 heteroatoms. The van der Waals surface area contributed by atoms with Crippen molar-refractivity contribution in [3.63, 3.8) is 0 Å². The highest BCUT2D eigenvalue weighted by Crippen LogP contribution is 2.36. The Hall–Kier alpha value is -3.22. The van der Waals surface area contributed by atoms with Gasteiger partial charge in [-0.1, -0.05) is 29.4 Å².